The number of aromatic nitrogens is 2. The van der Waals surface area contributed by atoms with Gasteiger partial charge in [0.05, 0.1) is 19.5 Å². The zero-order chi connectivity index (χ0) is 13.0. The minimum absolute atomic E-state index is 0.101. The normalized spacial score (nSPS) is 9.89. The lowest BCUT2D eigenvalue weighted by Crippen LogP contribution is -2.06. The maximum absolute atomic E-state index is 12.7. The van der Waals surface area contributed by atoms with Gasteiger partial charge in [0, 0.05) is 5.69 Å². The average Bonchev–Trinajstić information content (AvgIpc) is 2.41. The zero-order valence-electron chi connectivity index (χ0n) is 9.55. The van der Waals surface area contributed by atoms with Crippen LogP contribution in [0.2, 0.25) is 0 Å². The smallest absolute Gasteiger partial charge is 0.358 e. The number of nitrogens with one attached hydrogen (secondary N) is 1. The van der Waals surface area contributed by atoms with E-state index in [0.29, 0.717) is 11.5 Å². The molecular weight excluding hydrogens is 237 g/mol. The summed E-state index contributed by atoms with van der Waals surface area (Å²) in [5, 5.41) is 2.90. The fourth-order valence-electron chi connectivity index (χ4n) is 1.31. The topological polar surface area (TPSA) is 64.1 Å². The lowest BCUT2D eigenvalue weighted by Gasteiger charge is -2.05. The quantitative estimate of drug-likeness (QED) is 0.842. The highest BCUT2D eigenvalue weighted by Gasteiger charge is 2.08. The minimum atomic E-state index is -0.565. The molecule has 0 aliphatic heterocycles. The second kappa shape index (κ2) is 5.22. The summed E-state index contributed by atoms with van der Waals surface area (Å²) < 4.78 is 17.3. The Morgan fingerprint density at radius 3 is 2.67 bits per heavy atom. The van der Waals surface area contributed by atoms with Crippen LogP contribution in [0.3, 0.4) is 0 Å². The van der Waals surface area contributed by atoms with Crippen molar-refractivity contribution in [3.63, 3.8) is 0 Å². The van der Waals surface area contributed by atoms with Crippen LogP contribution >= 0.6 is 0 Å². The minimum Gasteiger partial charge on any atom is -0.464 e. The maximum Gasteiger partial charge on any atom is 0.358 e. The monoisotopic (exact) mass is 247 g/mol. The molecule has 92 valence electrons. The van der Waals surface area contributed by atoms with E-state index in [4.69, 9.17) is 0 Å². The van der Waals surface area contributed by atoms with Gasteiger partial charge in [0.15, 0.2) is 5.69 Å². The van der Waals surface area contributed by atoms with Crippen molar-refractivity contribution in [1.29, 1.82) is 0 Å². The van der Waals surface area contributed by atoms with Gasteiger partial charge < -0.3 is 10.1 Å². The van der Waals surface area contributed by atoms with E-state index in [9.17, 15) is 9.18 Å². The van der Waals surface area contributed by atoms with Gasteiger partial charge in [-0.15, -0.1) is 0 Å². The van der Waals surface area contributed by atoms with Crippen molar-refractivity contribution in [2.24, 2.45) is 0 Å². The first-order valence-electron chi connectivity index (χ1n) is 5.12. The molecule has 0 saturated heterocycles. The second-order valence-corrected chi connectivity index (χ2v) is 3.41. The number of hydrogen-bond acceptors (Lipinski definition) is 5. The molecule has 0 spiro atoms. The highest BCUT2D eigenvalue weighted by Crippen LogP contribution is 2.14. The van der Waals surface area contributed by atoms with Gasteiger partial charge in [-0.05, 0) is 24.3 Å². The summed E-state index contributed by atoms with van der Waals surface area (Å²) in [7, 11) is 1.27. The van der Waals surface area contributed by atoms with Crippen molar-refractivity contribution in [3.8, 4) is 0 Å². The van der Waals surface area contributed by atoms with Crippen LogP contribution in [-0.2, 0) is 4.74 Å². The molecule has 1 aromatic carbocycles. The van der Waals surface area contributed by atoms with Gasteiger partial charge in [-0.25, -0.2) is 14.2 Å². The molecule has 0 saturated carbocycles. The van der Waals surface area contributed by atoms with Crippen molar-refractivity contribution in [2.75, 3.05) is 12.4 Å². The molecule has 1 N–H and O–H groups in total. The number of anilines is 2. The highest BCUT2D eigenvalue weighted by atomic mass is 19.1. The van der Waals surface area contributed by atoms with E-state index in [-0.39, 0.29) is 11.5 Å². The third-order valence-corrected chi connectivity index (χ3v) is 2.15. The number of carbonyl (C=O) groups excluding carboxylic acids is 1. The van der Waals surface area contributed by atoms with Gasteiger partial charge in [-0.3, -0.25) is 4.98 Å². The van der Waals surface area contributed by atoms with Gasteiger partial charge in [0.1, 0.15) is 11.6 Å². The van der Waals surface area contributed by atoms with Crippen LogP contribution < -0.4 is 5.32 Å². The fraction of sp³-hybridized carbons (Fsp3) is 0.0833. The molecule has 1 aromatic heterocycles. The van der Waals surface area contributed by atoms with Crippen LogP contribution in [0.25, 0.3) is 0 Å². The fourth-order valence-corrected chi connectivity index (χ4v) is 1.31. The van der Waals surface area contributed by atoms with E-state index >= 15 is 0 Å². The number of benzene rings is 1. The predicted molar refractivity (Wildman–Crippen MR) is 63.1 cm³/mol. The second-order valence-electron chi connectivity index (χ2n) is 3.41. The molecule has 18 heavy (non-hydrogen) atoms. The molecule has 0 unspecified atom stereocenters. The van der Waals surface area contributed by atoms with Gasteiger partial charge in [-0.2, -0.15) is 0 Å². The van der Waals surface area contributed by atoms with Crippen molar-refractivity contribution >= 4 is 17.5 Å². The summed E-state index contributed by atoms with van der Waals surface area (Å²) in [5.41, 5.74) is 0.748. The predicted octanol–water partition coefficient (Wildman–Crippen LogP) is 2.15. The lowest BCUT2D eigenvalue weighted by molar-refractivity contribution is 0.0593. The molecular formula is C12H10FN3O2. The number of hydrogen-bond donors (Lipinski definition) is 1. The summed E-state index contributed by atoms with van der Waals surface area (Å²) in [6, 6.07) is 5.75. The molecule has 6 heteroatoms. The lowest BCUT2D eigenvalue weighted by atomic mass is 10.3. The Hall–Kier alpha value is -2.50. The average molecular weight is 247 g/mol. The summed E-state index contributed by atoms with van der Waals surface area (Å²) in [4.78, 5) is 19.1. The molecule has 2 aromatic rings. The number of rotatable bonds is 3. The molecule has 0 aliphatic rings. The number of carbonyl (C=O) groups is 1. The molecule has 1 heterocycles. The zero-order valence-corrected chi connectivity index (χ0v) is 9.55. The molecule has 0 atom stereocenters. The van der Waals surface area contributed by atoms with E-state index in [1.165, 1.54) is 31.6 Å². The molecule has 0 amide bonds. The van der Waals surface area contributed by atoms with Gasteiger partial charge in [0.25, 0.3) is 0 Å². The van der Waals surface area contributed by atoms with Crippen molar-refractivity contribution in [2.45, 2.75) is 0 Å². The standard InChI is InChI=1S/C12H10FN3O2/c1-18-12(17)10-6-14-7-11(16-10)15-9-4-2-8(13)3-5-9/h2-7H,1H3,(H,15,16). The number of methoxy groups -OCH3 is 1. The van der Waals surface area contributed by atoms with Crippen LogP contribution in [0.4, 0.5) is 15.9 Å². The van der Waals surface area contributed by atoms with E-state index < -0.39 is 5.97 Å². The van der Waals surface area contributed by atoms with Crippen molar-refractivity contribution in [1.82, 2.24) is 9.97 Å². The van der Waals surface area contributed by atoms with Gasteiger partial charge in [-0.1, -0.05) is 0 Å². The Morgan fingerprint density at radius 2 is 2.00 bits per heavy atom. The van der Waals surface area contributed by atoms with E-state index in [1.54, 1.807) is 12.1 Å². The van der Waals surface area contributed by atoms with Crippen LogP contribution in [-0.4, -0.2) is 23.0 Å². The largest absolute Gasteiger partial charge is 0.464 e. The SMILES string of the molecule is COC(=O)c1cncc(Nc2ccc(F)cc2)n1. The first-order valence-corrected chi connectivity index (χ1v) is 5.12. The molecule has 2 rings (SSSR count). The summed E-state index contributed by atoms with van der Waals surface area (Å²) in [6.07, 6.45) is 2.76. The Morgan fingerprint density at radius 1 is 1.28 bits per heavy atom. The van der Waals surface area contributed by atoms with Crippen LogP contribution in [0.5, 0.6) is 0 Å². The Labute approximate surface area is 103 Å². The summed E-state index contributed by atoms with van der Waals surface area (Å²) in [6.45, 7) is 0. The maximum atomic E-state index is 12.7. The summed E-state index contributed by atoms with van der Waals surface area (Å²) >= 11 is 0. The molecule has 0 bridgehead atoms. The van der Waals surface area contributed by atoms with Crippen LogP contribution in [0.15, 0.2) is 36.7 Å². The van der Waals surface area contributed by atoms with Crippen LogP contribution in [0, 0.1) is 5.82 Å². The number of esters is 1. The Kier molecular flexibility index (Phi) is 3.47. The third-order valence-electron chi connectivity index (χ3n) is 2.15. The van der Waals surface area contributed by atoms with Crippen LogP contribution in [0.1, 0.15) is 10.5 Å². The molecule has 5 nitrogen and oxygen atoms in total. The molecule has 0 radical (unpaired) electrons. The molecule has 0 aliphatic carbocycles. The van der Waals surface area contributed by atoms with E-state index in [0.717, 1.165) is 0 Å². The highest BCUT2D eigenvalue weighted by molar-refractivity contribution is 5.87. The Balaban J connectivity index is 2.19. The summed E-state index contributed by atoms with van der Waals surface area (Å²) in [5.74, 6) is -0.510. The number of nitrogens with zero attached hydrogens (tertiary/aromatic N) is 2. The van der Waals surface area contributed by atoms with Gasteiger partial charge in [0.2, 0.25) is 0 Å². The van der Waals surface area contributed by atoms with E-state index in [2.05, 4.69) is 20.0 Å². The first kappa shape index (κ1) is 12.0. The number of halogens is 1. The van der Waals surface area contributed by atoms with Crippen molar-refractivity contribution in [3.05, 3.63) is 48.2 Å². The first-order chi connectivity index (χ1) is 8.69. The van der Waals surface area contributed by atoms with E-state index in [1.807, 2.05) is 0 Å². The third kappa shape index (κ3) is 2.79. The number of ether oxygens (including phenoxy) is 1. The van der Waals surface area contributed by atoms with Crippen molar-refractivity contribution < 1.29 is 13.9 Å². The Bertz CT molecular complexity index is 558. The molecule has 0 fully saturated rings. The van der Waals surface area contributed by atoms with Gasteiger partial charge >= 0.3 is 5.97 Å².